The van der Waals surface area contributed by atoms with Crippen molar-refractivity contribution in [2.45, 2.75) is 33.9 Å². The predicted octanol–water partition coefficient (Wildman–Crippen LogP) is 2.24. The lowest BCUT2D eigenvalue weighted by molar-refractivity contribution is -0.692. The number of hydrogen-bond acceptors (Lipinski definition) is 2. The van der Waals surface area contributed by atoms with Crippen LogP contribution in [0.1, 0.15) is 20.8 Å². The van der Waals surface area contributed by atoms with Crippen LogP contribution in [0.2, 0.25) is 0 Å². The van der Waals surface area contributed by atoms with Crippen LogP contribution in [0, 0.1) is 0 Å². The van der Waals surface area contributed by atoms with E-state index < -0.39 is 0 Å². The van der Waals surface area contributed by atoms with Gasteiger partial charge >= 0.3 is 5.56 Å². The van der Waals surface area contributed by atoms with Gasteiger partial charge in [0.05, 0.1) is 25.3 Å². The molecule has 0 amide bonds. The molecule has 0 atom stereocenters. The Morgan fingerprint density at radius 2 is 1.85 bits per heavy atom. The molecule has 0 unspecified atom stereocenters. The van der Waals surface area contributed by atoms with Gasteiger partial charge in [0.1, 0.15) is 6.07 Å². The van der Waals surface area contributed by atoms with Crippen molar-refractivity contribution in [1.29, 1.82) is 0 Å². The van der Waals surface area contributed by atoms with Crippen molar-refractivity contribution in [3.8, 4) is 17.3 Å². The Hall–Kier alpha value is -2.10. The Balaban J connectivity index is 2.77. The minimum atomic E-state index is -0.0282. The van der Waals surface area contributed by atoms with Gasteiger partial charge in [0.15, 0.2) is 0 Å². The smallest absolute Gasteiger partial charge is 0.341 e. The quantitative estimate of drug-likeness (QED) is 0.783. The van der Waals surface area contributed by atoms with Gasteiger partial charge in [-0.15, -0.1) is 0 Å². The first-order chi connectivity index (χ1) is 9.72. The fourth-order valence-electron chi connectivity index (χ4n) is 2.39. The summed E-state index contributed by atoms with van der Waals surface area (Å²) in [5.41, 5.74) is 0.995. The van der Waals surface area contributed by atoms with E-state index in [1.165, 1.54) is 0 Å². The highest BCUT2D eigenvalue weighted by Gasteiger charge is 2.23. The SMILES string of the molecule is CCOc1cc(=O)n(CC)c(-c2ccccc2)[n+]1CC. The molecule has 0 aliphatic rings. The van der Waals surface area contributed by atoms with Gasteiger partial charge in [-0.1, -0.05) is 18.2 Å². The van der Waals surface area contributed by atoms with Gasteiger partial charge in [-0.05, 0) is 32.9 Å². The second-order valence-electron chi connectivity index (χ2n) is 4.43. The highest BCUT2D eigenvalue weighted by molar-refractivity contribution is 5.52. The average Bonchev–Trinajstić information content (AvgIpc) is 2.48. The van der Waals surface area contributed by atoms with Crippen LogP contribution in [0.5, 0.6) is 5.88 Å². The van der Waals surface area contributed by atoms with E-state index >= 15 is 0 Å². The Morgan fingerprint density at radius 3 is 2.40 bits per heavy atom. The maximum Gasteiger partial charge on any atom is 0.341 e. The summed E-state index contributed by atoms with van der Waals surface area (Å²) in [6.45, 7) is 7.89. The number of nitrogens with zero attached hydrogens (tertiary/aromatic N) is 2. The Labute approximate surface area is 119 Å². The molecular weight excluding hydrogens is 252 g/mol. The molecule has 106 valence electrons. The molecule has 0 radical (unpaired) electrons. The van der Waals surface area contributed by atoms with Crippen molar-refractivity contribution in [3.05, 3.63) is 46.8 Å². The van der Waals surface area contributed by atoms with Crippen molar-refractivity contribution in [3.63, 3.8) is 0 Å². The molecule has 0 N–H and O–H groups in total. The summed E-state index contributed by atoms with van der Waals surface area (Å²) in [7, 11) is 0. The van der Waals surface area contributed by atoms with Gasteiger partial charge in [0.2, 0.25) is 0 Å². The molecule has 0 aliphatic carbocycles. The molecule has 2 rings (SSSR count). The number of ether oxygens (including phenoxy) is 1. The second-order valence-corrected chi connectivity index (χ2v) is 4.43. The molecule has 4 heteroatoms. The summed E-state index contributed by atoms with van der Waals surface area (Å²) in [6.07, 6.45) is 0. The molecule has 1 heterocycles. The molecular formula is C16H21N2O2+. The van der Waals surface area contributed by atoms with E-state index in [-0.39, 0.29) is 5.56 Å². The molecule has 0 spiro atoms. The number of rotatable bonds is 5. The minimum absolute atomic E-state index is 0.0282. The van der Waals surface area contributed by atoms with E-state index in [0.29, 0.717) is 19.0 Å². The van der Waals surface area contributed by atoms with E-state index in [0.717, 1.165) is 17.9 Å². The lowest BCUT2D eigenvalue weighted by atomic mass is 10.2. The highest BCUT2D eigenvalue weighted by atomic mass is 16.5. The summed E-state index contributed by atoms with van der Waals surface area (Å²) >= 11 is 0. The molecule has 0 aliphatic heterocycles. The predicted molar refractivity (Wildman–Crippen MR) is 78.9 cm³/mol. The zero-order chi connectivity index (χ0) is 14.5. The Morgan fingerprint density at radius 1 is 1.15 bits per heavy atom. The largest absolute Gasteiger partial charge is 0.462 e. The van der Waals surface area contributed by atoms with Crippen LogP contribution in [0.4, 0.5) is 0 Å². The van der Waals surface area contributed by atoms with Crippen molar-refractivity contribution in [1.82, 2.24) is 4.57 Å². The maximum atomic E-state index is 12.3. The lowest BCUT2D eigenvalue weighted by Crippen LogP contribution is -2.44. The molecule has 1 aromatic carbocycles. The van der Waals surface area contributed by atoms with Crippen LogP contribution in [0.3, 0.4) is 0 Å². The summed E-state index contributed by atoms with van der Waals surface area (Å²) in [5, 5.41) is 0. The third kappa shape index (κ3) is 2.59. The van der Waals surface area contributed by atoms with Crippen LogP contribution in [-0.4, -0.2) is 11.2 Å². The Bertz CT molecular complexity index is 633. The fourth-order valence-corrected chi connectivity index (χ4v) is 2.39. The van der Waals surface area contributed by atoms with Crippen LogP contribution in [0.15, 0.2) is 41.2 Å². The fraction of sp³-hybridized carbons (Fsp3) is 0.375. The second kappa shape index (κ2) is 6.37. The minimum Gasteiger partial charge on any atom is -0.462 e. The van der Waals surface area contributed by atoms with Crippen LogP contribution >= 0.6 is 0 Å². The first-order valence-electron chi connectivity index (χ1n) is 7.08. The van der Waals surface area contributed by atoms with E-state index in [4.69, 9.17) is 4.74 Å². The van der Waals surface area contributed by atoms with E-state index in [9.17, 15) is 4.79 Å². The zero-order valence-electron chi connectivity index (χ0n) is 12.3. The zero-order valence-corrected chi connectivity index (χ0v) is 12.3. The first-order valence-corrected chi connectivity index (χ1v) is 7.08. The van der Waals surface area contributed by atoms with Crippen molar-refractivity contribution >= 4 is 0 Å². The number of aromatic nitrogens is 2. The highest BCUT2D eigenvalue weighted by Crippen LogP contribution is 2.16. The lowest BCUT2D eigenvalue weighted by Gasteiger charge is -2.13. The number of hydrogen-bond donors (Lipinski definition) is 0. The van der Waals surface area contributed by atoms with Gasteiger partial charge in [-0.25, -0.2) is 4.79 Å². The third-order valence-electron chi connectivity index (χ3n) is 3.25. The van der Waals surface area contributed by atoms with Crippen LogP contribution in [0.25, 0.3) is 11.4 Å². The number of benzene rings is 1. The van der Waals surface area contributed by atoms with E-state index in [1.54, 1.807) is 10.6 Å². The summed E-state index contributed by atoms with van der Waals surface area (Å²) in [6, 6.07) is 11.5. The summed E-state index contributed by atoms with van der Waals surface area (Å²) in [4.78, 5) is 12.3. The third-order valence-corrected chi connectivity index (χ3v) is 3.25. The molecule has 0 saturated heterocycles. The van der Waals surface area contributed by atoms with Crippen molar-refractivity contribution in [2.75, 3.05) is 6.61 Å². The Kier molecular flexibility index (Phi) is 4.56. The van der Waals surface area contributed by atoms with Gasteiger partial charge in [-0.3, -0.25) is 0 Å². The molecule has 1 aromatic heterocycles. The van der Waals surface area contributed by atoms with Crippen LogP contribution < -0.4 is 14.9 Å². The van der Waals surface area contributed by atoms with Gasteiger partial charge in [0.25, 0.3) is 11.7 Å². The summed E-state index contributed by atoms with van der Waals surface area (Å²) < 4.78 is 9.44. The molecule has 4 nitrogen and oxygen atoms in total. The summed E-state index contributed by atoms with van der Waals surface area (Å²) in [5.74, 6) is 1.52. The molecule has 2 aromatic rings. The van der Waals surface area contributed by atoms with Gasteiger partial charge in [0, 0.05) is 0 Å². The first kappa shape index (κ1) is 14.3. The maximum absolute atomic E-state index is 12.3. The normalized spacial score (nSPS) is 10.6. The monoisotopic (exact) mass is 273 g/mol. The van der Waals surface area contributed by atoms with Crippen molar-refractivity contribution < 1.29 is 9.30 Å². The van der Waals surface area contributed by atoms with E-state index in [1.807, 2.05) is 48.7 Å². The van der Waals surface area contributed by atoms with Crippen LogP contribution in [-0.2, 0) is 13.1 Å². The molecule has 20 heavy (non-hydrogen) atoms. The van der Waals surface area contributed by atoms with Gasteiger partial charge < -0.3 is 4.74 Å². The average molecular weight is 273 g/mol. The molecule has 0 bridgehead atoms. The van der Waals surface area contributed by atoms with Crippen molar-refractivity contribution in [2.24, 2.45) is 0 Å². The van der Waals surface area contributed by atoms with E-state index in [2.05, 4.69) is 6.92 Å². The molecule has 0 saturated carbocycles. The molecule has 0 fully saturated rings. The topological polar surface area (TPSA) is 35.1 Å². The standard InChI is InChI=1S/C16H21N2O2/c1-4-17-14(19)12-15(20-6-3)18(5-2)16(17)13-10-8-7-9-11-13/h7-12H,4-6H2,1-3H3/q+1. The van der Waals surface area contributed by atoms with Gasteiger partial charge in [-0.2, -0.15) is 9.13 Å².